The Bertz CT molecular complexity index is 711. The number of ether oxygens (including phenoxy) is 1. The van der Waals surface area contributed by atoms with Crippen LogP contribution in [-0.2, 0) is 4.74 Å². The summed E-state index contributed by atoms with van der Waals surface area (Å²) in [6.45, 7) is 11.7. The van der Waals surface area contributed by atoms with Crippen LogP contribution < -0.4 is 0 Å². The highest BCUT2D eigenvalue weighted by atomic mass is 16.6. The van der Waals surface area contributed by atoms with Gasteiger partial charge in [-0.2, -0.15) is 0 Å². The maximum atomic E-state index is 12.9. The molecule has 0 bridgehead atoms. The van der Waals surface area contributed by atoms with E-state index in [1.807, 2.05) is 13.8 Å². The summed E-state index contributed by atoms with van der Waals surface area (Å²) in [5, 5.41) is 10.5. The monoisotopic (exact) mass is 432 g/mol. The molecule has 2 rings (SSSR count). The summed E-state index contributed by atoms with van der Waals surface area (Å²) in [7, 11) is 1.70. The summed E-state index contributed by atoms with van der Waals surface area (Å²) in [6.07, 6.45) is 13.6. The van der Waals surface area contributed by atoms with Crippen LogP contribution in [0.4, 0.5) is 4.79 Å². The van der Waals surface area contributed by atoms with E-state index >= 15 is 0 Å². The lowest BCUT2D eigenvalue weighted by Crippen LogP contribution is -2.36. The van der Waals surface area contributed by atoms with Gasteiger partial charge in [-0.05, 0) is 90.0 Å². The lowest BCUT2D eigenvalue weighted by Gasteiger charge is -2.37. The van der Waals surface area contributed by atoms with Crippen LogP contribution in [0.25, 0.3) is 0 Å². The summed E-state index contributed by atoms with van der Waals surface area (Å²) in [4.78, 5) is 18.9. The highest BCUT2D eigenvalue weighted by molar-refractivity contribution is 5.83. The highest BCUT2D eigenvalue weighted by Gasteiger charge is 2.51. The number of hydrogen-bond donors (Lipinski definition) is 1. The van der Waals surface area contributed by atoms with Crippen LogP contribution in [0.1, 0.15) is 99.3 Å². The molecule has 1 spiro atoms. The number of carbonyl (C=O) groups is 1. The molecule has 2 aliphatic rings. The second-order valence-electron chi connectivity index (χ2n) is 10.1. The van der Waals surface area contributed by atoms with Gasteiger partial charge in [-0.3, -0.25) is 4.90 Å². The molecule has 0 aliphatic heterocycles. The van der Waals surface area contributed by atoms with Crippen LogP contribution >= 0.6 is 0 Å². The number of aliphatic hydroxyl groups is 1. The van der Waals surface area contributed by atoms with E-state index in [1.54, 1.807) is 33.2 Å². The maximum Gasteiger partial charge on any atom is 0.415 e. The molecule has 0 radical (unpaired) electrons. The van der Waals surface area contributed by atoms with Gasteiger partial charge in [0.1, 0.15) is 11.9 Å². The highest BCUT2D eigenvalue weighted by Crippen LogP contribution is 2.61. The van der Waals surface area contributed by atoms with Gasteiger partial charge in [-0.25, -0.2) is 9.79 Å². The van der Waals surface area contributed by atoms with Crippen LogP contribution in [0, 0.1) is 11.3 Å². The third-order valence-electron chi connectivity index (χ3n) is 7.29. The summed E-state index contributed by atoms with van der Waals surface area (Å²) >= 11 is 0. The second-order valence-corrected chi connectivity index (χ2v) is 10.1. The van der Waals surface area contributed by atoms with Crippen molar-refractivity contribution in [1.29, 1.82) is 0 Å². The van der Waals surface area contributed by atoms with Crippen molar-refractivity contribution in [3.63, 3.8) is 0 Å². The third-order valence-corrected chi connectivity index (χ3v) is 7.29. The first-order chi connectivity index (χ1) is 14.6. The summed E-state index contributed by atoms with van der Waals surface area (Å²) < 4.78 is 5.92. The predicted octanol–water partition coefficient (Wildman–Crippen LogP) is 6.62. The van der Waals surface area contributed by atoms with Gasteiger partial charge < -0.3 is 9.84 Å². The van der Waals surface area contributed by atoms with Gasteiger partial charge >= 0.3 is 6.09 Å². The number of rotatable bonds is 9. The molecular weight excluding hydrogens is 388 g/mol. The number of aliphatic imine (C=N–C) groups is 1. The van der Waals surface area contributed by atoms with Gasteiger partial charge in [0, 0.05) is 18.8 Å². The van der Waals surface area contributed by atoms with Crippen molar-refractivity contribution >= 4 is 12.3 Å². The number of carbonyl (C=O) groups excluding carboxylic acids is 1. The number of hydrogen-bond acceptors (Lipinski definition) is 4. The lowest BCUT2D eigenvalue weighted by atomic mass is 9.73. The van der Waals surface area contributed by atoms with E-state index < -0.39 is 5.60 Å². The Kier molecular flexibility index (Phi) is 8.93. The SMILES string of the molecule is CC=C(/N=C\C(=C(C)CC)C(C)(C)O)N(C)C(=O)OC1CCC2(CC2)C(CCCC)C1. The zero-order valence-electron chi connectivity index (χ0n) is 20.8. The Labute approximate surface area is 189 Å². The minimum absolute atomic E-state index is 0.000662. The number of unbranched alkanes of at least 4 members (excludes halogenated alkanes) is 1. The molecule has 2 unspecified atom stereocenters. The smallest absolute Gasteiger partial charge is 0.415 e. The number of amides is 1. The first kappa shape index (κ1) is 25.6. The molecule has 2 aliphatic carbocycles. The van der Waals surface area contributed by atoms with Crippen molar-refractivity contribution in [2.45, 2.75) is 111 Å². The molecule has 5 heteroatoms. The minimum Gasteiger partial charge on any atom is -0.446 e. The molecule has 176 valence electrons. The van der Waals surface area contributed by atoms with Crippen LogP contribution in [0.3, 0.4) is 0 Å². The van der Waals surface area contributed by atoms with Crippen LogP contribution in [0.15, 0.2) is 28.0 Å². The van der Waals surface area contributed by atoms with E-state index in [0.29, 0.717) is 17.2 Å². The molecule has 0 saturated heterocycles. The van der Waals surface area contributed by atoms with E-state index in [9.17, 15) is 9.90 Å². The number of allylic oxidation sites excluding steroid dienone is 2. The van der Waals surface area contributed by atoms with Gasteiger partial charge in [0.15, 0.2) is 0 Å². The van der Waals surface area contributed by atoms with E-state index in [1.165, 1.54) is 43.4 Å². The van der Waals surface area contributed by atoms with E-state index in [2.05, 4.69) is 18.8 Å². The molecule has 2 fully saturated rings. The molecular formula is C26H44N2O3. The maximum absolute atomic E-state index is 12.9. The fourth-order valence-electron chi connectivity index (χ4n) is 4.92. The normalized spacial score (nSPS) is 24.3. The summed E-state index contributed by atoms with van der Waals surface area (Å²) in [6, 6.07) is 0. The quantitative estimate of drug-likeness (QED) is 0.416. The minimum atomic E-state index is -0.990. The third kappa shape index (κ3) is 6.68. The fraction of sp³-hybridized carbons (Fsp3) is 0.769. The molecule has 0 aromatic rings. The zero-order chi connectivity index (χ0) is 23.2. The molecule has 0 heterocycles. The Morgan fingerprint density at radius 2 is 1.97 bits per heavy atom. The molecule has 0 aromatic heterocycles. The van der Waals surface area contributed by atoms with Crippen molar-refractivity contribution in [3.8, 4) is 0 Å². The molecule has 1 N–H and O–H groups in total. The number of nitrogens with zero attached hydrogens (tertiary/aromatic N) is 2. The second kappa shape index (κ2) is 10.8. The Balaban J connectivity index is 2.02. The Morgan fingerprint density at radius 1 is 1.29 bits per heavy atom. The largest absolute Gasteiger partial charge is 0.446 e. The molecule has 2 atom stereocenters. The zero-order valence-corrected chi connectivity index (χ0v) is 20.8. The van der Waals surface area contributed by atoms with Crippen LogP contribution in [-0.4, -0.2) is 41.1 Å². The first-order valence-electron chi connectivity index (χ1n) is 12.1. The lowest BCUT2D eigenvalue weighted by molar-refractivity contribution is 0.0187. The average molecular weight is 433 g/mol. The topological polar surface area (TPSA) is 62.1 Å². The van der Waals surface area contributed by atoms with Crippen molar-refractivity contribution in [3.05, 3.63) is 23.0 Å². The standard InChI is InChI=1S/C26H44N2O3/c1-8-11-12-20-17-21(13-14-26(20)15-16-26)31-24(29)28(7)23(10-3)27-18-22(19(4)9-2)25(5,6)30/h10,18,20-21,30H,8-9,11-17H2,1-7H3/b22-19?,23-10?,27-18-. The van der Waals surface area contributed by atoms with Crippen molar-refractivity contribution in [2.75, 3.05) is 7.05 Å². The van der Waals surface area contributed by atoms with E-state index in [-0.39, 0.29) is 12.2 Å². The van der Waals surface area contributed by atoms with Crippen LogP contribution in [0.2, 0.25) is 0 Å². The molecule has 1 amide bonds. The van der Waals surface area contributed by atoms with E-state index in [0.717, 1.165) is 30.4 Å². The molecule has 2 saturated carbocycles. The Hall–Kier alpha value is -1.62. The first-order valence-corrected chi connectivity index (χ1v) is 12.1. The molecule has 0 aromatic carbocycles. The van der Waals surface area contributed by atoms with Gasteiger partial charge in [0.25, 0.3) is 0 Å². The van der Waals surface area contributed by atoms with Gasteiger partial charge in [-0.15, -0.1) is 0 Å². The van der Waals surface area contributed by atoms with Gasteiger partial charge in [-0.1, -0.05) is 32.3 Å². The van der Waals surface area contributed by atoms with Crippen molar-refractivity contribution in [1.82, 2.24) is 4.90 Å². The van der Waals surface area contributed by atoms with Gasteiger partial charge in [0.05, 0.1) is 5.60 Å². The fourth-order valence-corrected chi connectivity index (χ4v) is 4.92. The van der Waals surface area contributed by atoms with Crippen LogP contribution in [0.5, 0.6) is 0 Å². The average Bonchev–Trinajstić information content (AvgIpc) is 3.50. The van der Waals surface area contributed by atoms with E-state index in [4.69, 9.17) is 4.74 Å². The van der Waals surface area contributed by atoms with Crippen molar-refractivity contribution < 1.29 is 14.6 Å². The van der Waals surface area contributed by atoms with Gasteiger partial charge in [0.2, 0.25) is 0 Å². The Morgan fingerprint density at radius 3 is 2.48 bits per heavy atom. The summed E-state index contributed by atoms with van der Waals surface area (Å²) in [5.41, 5.74) is 1.42. The summed E-state index contributed by atoms with van der Waals surface area (Å²) in [5.74, 6) is 1.22. The predicted molar refractivity (Wildman–Crippen MR) is 128 cm³/mol. The molecule has 31 heavy (non-hydrogen) atoms. The molecule has 5 nitrogen and oxygen atoms in total. The van der Waals surface area contributed by atoms with Crippen molar-refractivity contribution in [2.24, 2.45) is 16.3 Å².